The number of aromatic amines is 2. The van der Waals surface area contributed by atoms with Crippen LogP contribution >= 0.6 is 0 Å². The zero-order valence-electron chi connectivity index (χ0n) is 15.8. The Morgan fingerprint density at radius 1 is 1.03 bits per heavy atom. The second kappa shape index (κ2) is 8.14. The fraction of sp³-hybridized carbons (Fsp3) is 0.238. The van der Waals surface area contributed by atoms with E-state index >= 15 is 0 Å². The molecule has 0 saturated carbocycles. The summed E-state index contributed by atoms with van der Waals surface area (Å²) in [6, 6.07) is 14.5. The maximum absolute atomic E-state index is 12.4. The number of aromatic nitrogens is 4. The van der Waals surface area contributed by atoms with Crippen LogP contribution < -0.4 is 16.4 Å². The van der Waals surface area contributed by atoms with Crippen LogP contribution in [0.15, 0.2) is 58.1 Å². The van der Waals surface area contributed by atoms with Crippen LogP contribution in [0.2, 0.25) is 0 Å². The van der Waals surface area contributed by atoms with E-state index in [0.717, 1.165) is 29.7 Å². The first-order valence-electron chi connectivity index (χ1n) is 9.54. The largest absolute Gasteiger partial charge is 0.356 e. The van der Waals surface area contributed by atoms with Gasteiger partial charge in [0.2, 0.25) is 5.91 Å². The zero-order chi connectivity index (χ0) is 20.2. The molecular weight excluding hydrogens is 370 g/mol. The molecule has 0 spiro atoms. The van der Waals surface area contributed by atoms with Crippen molar-refractivity contribution in [1.82, 2.24) is 25.1 Å². The van der Waals surface area contributed by atoms with E-state index in [2.05, 4.69) is 20.4 Å². The molecule has 2 heterocycles. The van der Waals surface area contributed by atoms with Crippen molar-refractivity contribution in [2.45, 2.75) is 25.8 Å². The van der Waals surface area contributed by atoms with Gasteiger partial charge in [0, 0.05) is 19.4 Å². The average Bonchev–Trinajstić information content (AvgIpc) is 3.16. The number of amides is 1. The van der Waals surface area contributed by atoms with Crippen molar-refractivity contribution in [2.24, 2.45) is 0 Å². The molecule has 1 amide bonds. The highest BCUT2D eigenvalue weighted by atomic mass is 16.2. The van der Waals surface area contributed by atoms with Crippen molar-refractivity contribution in [3.63, 3.8) is 0 Å². The maximum Gasteiger partial charge on any atom is 0.273 e. The molecule has 29 heavy (non-hydrogen) atoms. The van der Waals surface area contributed by atoms with E-state index in [1.807, 2.05) is 24.3 Å². The Labute approximate surface area is 165 Å². The predicted octanol–water partition coefficient (Wildman–Crippen LogP) is 1.71. The number of benzene rings is 2. The number of H-pyrrole nitrogens is 2. The summed E-state index contributed by atoms with van der Waals surface area (Å²) in [4.78, 5) is 44.4. The Morgan fingerprint density at radius 2 is 1.79 bits per heavy atom. The molecule has 8 nitrogen and oxygen atoms in total. The van der Waals surface area contributed by atoms with Gasteiger partial charge in [0.1, 0.15) is 5.82 Å². The van der Waals surface area contributed by atoms with E-state index in [1.54, 1.807) is 24.3 Å². The number of hydrogen-bond acceptors (Lipinski definition) is 4. The van der Waals surface area contributed by atoms with Gasteiger partial charge in [0.25, 0.3) is 11.1 Å². The molecule has 0 aliphatic carbocycles. The van der Waals surface area contributed by atoms with E-state index in [4.69, 9.17) is 0 Å². The van der Waals surface area contributed by atoms with Crippen LogP contribution in [0.5, 0.6) is 0 Å². The first kappa shape index (κ1) is 18.7. The van der Waals surface area contributed by atoms with Crippen LogP contribution in [0.25, 0.3) is 21.8 Å². The fourth-order valence-electron chi connectivity index (χ4n) is 3.31. The minimum Gasteiger partial charge on any atom is -0.356 e. The SMILES string of the molecule is O=C(CCn1[nH]c(=O)c2ccccc2c1=O)NCCCc1nc2ccccc2[nH]1. The Morgan fingerprint density at radius 3 is 2.62 bits per heavy atom. The van der Waals surface area contributed by atoms with Gasteiger partial charge in [-0.05, 0) is 30.7 Å². The molecule has 8 heteroatoms. The zero-order valence-corrected chi connectivity index (χ0v) is 15.8. The van der Waals surface area contributed by atoms with Crippen LogP contribution in [0.3, 0.4) is 0 Å². The molecule has 0 saturated heterocycles. The second-order valence-corrected chi connectivity index (χ2v) is 6.85. The highest BCUT2D eigenvalue weighted by Crippen LogP contribution is 2.11. The van der Waals surface area contributed by atoms with Crippen molar-refractivity contribution in [1.29, 1.82) is 0 Å². The van der Waals surface area contributed by atoms with Gasteiger partial charge in [0.05, 0.1) is 28.4 Å². The molecule has 4 rings (SSSR count). The number of hydrogen-bond donors (Lipinski definition) is 3. The quantitative estimate of drug-likeness (QED) is 0.416. The number of imidazole rings is 1. The third-order valence-electron chi connectivity index (χ3n) is 4.80. The van der Waals surface area contributed by atoms with Crippen molar-refractivity contribution in [3.8, 4) is 0 Å². The fourth-order valence-corrected chi connectivity index (χ4v) is 3.31. The van der Waals surface area contributed by atoms with Gasteiger partial charge < -0.3 is 10.3 Å². The summed E-state index contributed by atoms with van der Waals surface area (Å²) in [7, 11) is 0. The molecule has 0 atom stereocenters. The van der Waals surface area contributed by atoms with Gasteiger partial charge in [-0.15, -0.1) is 0 Å². The van der Waals surface area contributed by atoms with Crippen LogP contribution in [0.4, 0.5) is 0 Å². The Balaban J connectivity index is 1.28. The minimum absolute atomic E-state index is 0.110. The molecular formula is C21H21N5O3. The summed E-state index contributed by atoms with van der Waals surface area (Å²) in [6.07, 6.45) is 1.59. The molecule has 3 N–H and O–H groups in total. The highest BCUT2D eigenvalue weighted by molar-refractivity contribution is 5.80. The number of carbonyl (C=O) groups excluding carboxylic acids is 1. The first-order chi connectivity index (χ1) is 14.1. The van der Waals surface area contributed by atoms with Crippen LogP contribution in [-0.4, -0.2) is 32.2 Å². The lowest BCUT2D eigenvalue weighted by molar-refractivity contribution is -0.121. The van der Waals surface area contributed by atoms with Crippen molar-refractivity contribution < 1.29 is 4.79 Å². The minimum atomic E-state index is -0.341. The summed E-state index contributed by atoms with van der Waals surface area (Å²) < 4.78 is 1.19. The number of carbonyl (C=O) groups is 1. The lowest BCUT2D eigenvalue weighted by Crippen LogP contribution is -2.32. The maximum atomic E-state index is 12.4. The van der Waals surface area contributed by atoms with E-state index < -0.39 is 0 Å². The lowest BCUT2D eigenvalue weighted by atomic mass is 10.2. The number of aryl methyl sites for hydroxylation is 2. The van der Waals surface area contributed by atoms with Crippen LogP contribution in [0.1, 0.15) is 18.7 Å². The Bertz CT molecular complexity index is 1250. The van der Waals surface area contributed by atoms with E-state index in [-0.39, 0.29) is 30.0 Å². The molecule has 0 radical (unpaired) electrons. The average molecular weight is 391 g/mol. The molecule has 4 aromatic rings. The second-order valence-electron chi connectivity index (χ2n) is 6.85. The molecule has 2 aromatic carbocycles. The van der Waals surface area contributed by atoms with E-state index in [1.165, 1.54) is 4.68 Å². The topological polar surface area (TPSA) is 113 Å². The van der Waals surface area contributed by atoms with Gasteiger partial charge in [-0.3, -0.25) is 19.5 Å². The van der Waals surface area contributed by atoms with Gasteiger partial charge in [-0.1, -0.05) is 24.3 Å². The third kappa shape index (κ3) is 4.11. The molecule has 148 valence electrons. The standard InChI is InChI=1S/C21H21N5O3/c27-19(22-12-5-10-18-23-16-8-3-4-9-17(16)24-18)11-13-26-21(29)15-7-2-1-6-14(15)20(28)25-26/h1-4,6-9H,5,10-13H2,(H,22,27)(H,23,24)(H,25,28). The summed E-state index contributed by atoms with van der Waals surface area (Å²) >= 11 is 0. The van der Waals surface area contributed by atoms with Gasteiger partial charge >= 0.3 is 0 Å². The number of nitrogens with zero attached hydrogens (tertiary/aromatic N) is 2. The number of para-hydroxylation sites is 2. The molecule has 0 aliphatic rings. The predicted molar refractivity (Wildman–Crippen MR) is 111 cm³/mol. The van der Waals surface area contributed by atoms with Gasteiger partial charge in [-0.25, -0.2) is 9.67 Å². The molecule has 0 unspecified atom stereocenters. The van der Waals surface area contributed by atoms with Crippen molar-refractivity contribution >= 4 is 27.7 Å². The van der Waals surface area contributed by atoms with Crippen molar-refractivity contribution in [3.05, 3.63) is 75.1 Å². The third-order valence-corrected chi connectivity index (χ3v) is 4.80. The summed E-state index contributed by atoms with van der Waals surface area (Å²) in [5.74, 6) is 0.719. The molecule has 0 bridgehead atoms. The van der Waals surface area contributed by atoms with E-state index in [9.17, 15) is 14.4 Å². The Kier molecular flexibility index (Phi) is 5.24. The smallest absolute Gasteiger partial charge is 0.273 e. The summed E-state index contributed by atoms with van der Waals surface area (Å²) in [6.45, 7) is 0.632. The van der Waals surface area contributed by atoms with Crippen molar-refractivity contribution in [2.75, 3.05) is 6.54 Å². The highest BCUT2D eigenvalue weighted by Gasteiger charge is 2.08. The lowest BCUT2D eigenvalue weighted by Gasteiger charge is -2.08. The Hall–Kier alpha value is -3.68. The van der Waals surface area contributed by atoms with Crippen LogP contribution in [-0.2, 0) is 17.8 Å². The van der Waals surface area contributed by atoms with Gasteiger partial charge in [-0.2, -0.15) is 0 Å². The monoisotopic (exact) mass is 391 g/mol. The van der Waals surface area contributed by atoms with Crippen LogP contribution in [0, 0.1) is 0 Å². The number of nitrogens with one attached hydrogen (secondary N) is 3. The summed E-state index contributed by atoms with van der Waals surface area (Å²) in [5, 5.41) is 6.07. The normalized spacial score (nSPS) is 11.2. The van der Waals surface area contributed by atoms with E-state index in [0.29, 0.717) is 17.3 Å². The number of rotatable bonds is 7. The summed E-state index contributed by atoms with van der Waals surface area (Å²) in [5.41, 5.74) is 1.28. The molecule has 0 aliphatic heterocycles. The van der Waals surface area contributed by atoms with Gasteiger partial charge in [0.15, 0.2) is 0 Å². The first-order valence-corrected chi connectivity index (χ1v) is 9.54. The molecule has 2 aromatic heterocycles. The molecule has 0 fully saturated rings. The number of fused-ring (bicyclic) bond motifs is 2.